The van der Waals surface area contributed by atoms with E-state index >= 15 is 0 Å². The largest absolute Gasteiger partial charge is 0.497 e. The first-order chi connectivity index (χ1) is 8.26. The van der Waals surface area contributed by atoms with Gasteiger partial charge >= 0.3 is 5.97 Å². The molecule has 17 heavy (non-hydrogen) atoms. The summed E-state index contributed by atoms with van der Waals surface area (Å²) in [6, 6.07) is 7.85. The third-order valence-electron chi connectivity index (χ3n) is 3.26. The molecule has 4 nitrogen and oxygen atoms in total. The van der Waals surface area contributed by atoms with Crippen LogP contribution >= 0.6 is 0 Å². The molecule has 1 aromatic carbocycles. The molecule has 1 heterocycles. The summed E-state index contributed by atoms with van der Waals surface area (Å²) in [7, 11) is 3.08. The van der Waals surface area contributed by atoms with E-state index in [1.54, 1.807) is 7.11 Å². The van der Waals surface area contributed by atoms with Crippen LogP contribution in [0.25, 0.3) is 0 Å². The molecule has 4 heteroatoms. The summed E-state index contributed by atoms with van der Waals surface area (Å²) < 4.78 is 9.95. The van der Waals surface area contributed by atoms with Crippen molar-refractivity contribution < 1.29 is 14.3 Å². The van der Waals surface area contributed by atoms with E-state index in [1.807, 2.05) is 24.3 Å². The van der Waals surface area contributed by atoms with Gasteiger partial charge in [0.2, 0.25) is 0 Å². The van der Waals surface area contributed by atoms with Crippen molar-refractivity contribution in [3.63, 3.8) is 0 Å². The molecular weight excluding hydrogens is 218 g/mol. The van der Waals surface area contributed by atoms with Gasteiger partial charge in [-0.1, -0.05) is 12.1 Å². The highest BCUT2D eigenvalue weighted by Crippen LogP contribution is 2.29. The minimum atomic E-state index is -0.143. The first-order valence-corrected chi connectivity index (χ1v) is 5.68. The van der Waals surface area contributed by atoms with Crippen LogP contribution in [0.5, 0.6) is 5.75 Å². The van der Waals surface area contributed by atoms with Crippen LogP contribution in [-0.2, 0) is 9.53 Å². The molecule has 0 amide bonds. The molecule has 0 spiro atoms. The standard InChI is InChI=1S/C13H17NO3/c1-16-10-5-3-9(4-6-10)11-7-14-8-12(11)13(15)17-2/h3-6,11-12,14H,7-8H2,1-2H3. The van der Waals surface area contributed by atoms with Gasteiger partial charge < -0.3 is 14.8 Å². The third kappa shape index (κ3) is 2.42. The predicted molar refractivity (Wildman–Crippen MR) is 64.1 cm³/mol. The van der Waals surface area contributed by atoms with Crippen molar-refractivity contribution in [3.05, 3.63) is 29.8 Å². The lowest BCUT2D eigenvalue weighted by molar-refractivity contribution is -0.145. The van der Waals surface area contributed by atoms with Crippen molar-refractivity contribution >= 4 is 5.97 Å². The number of carbonyl (C=O) groups excluding carboxylic acids is 1. The molecule has 1 aliphatic rings. The van der Waals surface area contributed by atoms with Crippen molar-refractivity contribution in [2.45, 2.75) is 5.92 Å². The smallest absolute Gasteiger partial charge is 0.310 e. The van der Waals surface area contributed by atoms with E-state index in [2.05, 4.69) is 5.32 Å². The number of carbonyl (C=O) groups is 1. The summed E-state index contributed by atoms with van der Waals surface area (Å²) in [6.45, 7) is 1.50. The van der Waals surface area contributed by atoms with Crippen LogP contribution in [0.3, 0.4) is 0 Å². The molecule has 2 unspecified atom stereocenters. The second-order valence-electron chi connectivity index (χ2n) is 4.17. The fourth-order valence-corrected chi connectivity index (χ4v) is 2.28. The van der Waals surface area contributed by atoms with E-state index in [9.17, 15) is 4.79 Å². The number of benzene rings is 1. The maximum absolute atomic E-state index is 11.6. The number of methoxy groups -OCH3 is 2. The number of hydrogen-bond donors (Lipinski definition) is 1. The lowest BCUT2D eigenvalue weighted by atomic mass is 9.89. The summed E-state index contributed by atoms with van der Waals surface area (Å²) in [5.74, 6) is 0.784. The van der Waals surface area contributed by atoms with Crippen LogP contribution in [0.2, 0.25) is 0 Å². The molecule has 1 N–H and O–H groups in total. The lowest BCUT2D eigenvalue weighted by Gasteiger charge is -2.16. The Hall–Kier alpha value is -1.55. The second kappa shape index (κ2) is 5.19. The van der Waals surface area contributed by atoms with Gasteiger partial charge in [0.15, 0.2) is 0 Å². The molecule has 92 valence electrons. The number of rotatable bonds is 3. The Morgan fingerprint density at radius 1 is 1.24 bits per heavy atom. The number of nitrogens with one attached hydrogen (secondary N) is 1. The maximum Gasteiger partial charge on any atom is 0.310 e. The van der Waals surface area contributed by atoms with E-state index in [4.69, 9.17) is 9.47 Å². The normalized spacial score (nSPS) is 23.4. The first kappa shape index (κ1) is 11.9. The highest BCUT2D eigenvalue weighted by atomic mass is 16.5. The van der Waals surface area contributed by atoms with Crippen LogP contribution in [0, 0.1) is 5.92 Å². The average Bonchev–Trinajstić information content (AvgIpc) is 2.87. The second-order valence-corrected chi connectivity index (χ2v) is 4.17. The van der Waals surface area contributed by atoms with E-state index < -0.39 is 0 Å². The summed E-state index contributed by atoms with van der Waals surface area (Å²) in [5.41, 5.74) is 1.14. The molecule has 2 rings (SSSR count). The topological polar surface area (TPSA) is 47.6 Å². The zero-order chi connectivity index (χ0) is 12.3. The zero-order valence-corrected chi connectivity index (χ0v) is 10.1. The van der Waals surface area contributed by atoms with Gasteiger partial charge in [-0.15, -0.1) is 0 Å². The molecule has 1 fully saturated rings. The zero-order valence-electron chi connectivity index (χ0n) is 10.1. The van der Waals surface area contributed by atoms with Gasteiger partial charge in [-0.05, 0) is 17.7 Å². The molecule has 1 aromatic rings. The Morgan fingerprint density at radius 3 is 2.53 bits per heavy atom. The van der Waals surface area contributed by atoms with Crippen LogP contribution < -0.4 is 10.1 Å². The highest BCUT2D eigenvalue weighted by molar-refractivity contribution is 5.74. The van der Waals surface area contributed by atoms with Gasteiger partial charge in [-0.25, -0.2) is 0 Å². The van der Waals surface area contributed by atoms with E-state index in [-0.39, 0.29) is 17.8 Å². The van der Waals surface area contributed by atoms with Gasteiger partial charge in [-0.3, -0.25) is 4.79 Å². The summed E-state index contributed by atoms with van der Waals surface area (Å²) in [5, 5.41) is 3.23. The van der Waals surface area contributed by atoms with Gasteiger partial charge in [-0.2, -0.15) is 0 Å². The molecule has 0 bridgehead atoms. The minimum Gasteiger partial charge on any atom is -0.497 e. The molecule has 1 saturated heterocycles. The molecule has 2 atom stereocenters. The molecule has 0 radical (unpaired) electrons. The van der Waals surface area contributed by atoms with Gasteiger partial charge in [0.05, 0.1) is 20.1 Å². The quantitative estimate of drug-likeness (QED) is 0.799. The van der Waals surface area contributed by atoms with Crippen molar-refractivity contribution in [2.75, 3.05) is 27.3 Å². The number of esters is 1. The Bertz CT molecular complexity index is 388. The van der Waals surface area contributed by atoms with Crippen LogP contribution in [0.1, 0.15) is 11.5 Å². The fourth-order valence-electron chi connectivity index (χ4n) is 2.28. The number of hydrogen-bond acceptors (Lipinski definition) is 4. The molecule has 0 aliphatic carbocycles. The van der Waals surface area contributed by atoms with E-state index in [0.29, 0.717) is 6.54 Å². The maximum atomic E-state index is 11.6. The molecule has 1 aliphatic heterocycles. The average molecular weight is 235 g/mol. The monoisotopic (exact) mass is 235 g/mol. The third-order valence-corrected chi connectivity index (χ3v) is 3.26. The summed E-state index contributed by atoms with van der Waals surface area (Å²) in [6.07, 6.45) is 0. The highest BCUT2D eigenvalue weighted by Gasteiger charge is 2.34. The van der Waals surface area contributed by atoms with Gasteiger partial charge in [0.1, 0.15) is 5.75 Å². The van der Waals surface area contributed by atoms with E-state index in [1.165, 1.54) is 7.11 Å². The van der Waals surface area contributed by atoms with E-state index in [0.717, 1.165) is 17.9 Å². The van der Waals surface area contributed by atoms with Crippen molar-refractivity contribution in [1.82, 2.24) is 5.32 Å². The molecule has 0 saturated carbocycles. The predicted octanol–water partition coefficient (Wildman–Crippen LogP) is 1.17. The van der Waals surface area contributed by atoms with Crippen LogP contribution in [0.15, 0.2) is 24.3 Å². The fraction of sp³-hybridized carbons (Fsp3) is 0.462. The Balaban J connectivity index is 2.17. The SMILES string of the molecule is COC(=O)C1CNCC1c1ccc(OC)cc1. The lowest BCUT2D eigenvalue weighted by Crippen LogP contribution is -2.22. The molecular formula is C13H17NO3. The van der Waals surface area contributed by atoms with Crippen molar-refractivity contribution in [2.24, 2.45) is 5.92 Å². The van der Waals surface area contributed by atoms with Crippen molar-refractivity contribution in [1.29, 1.82) is 0 Å². The summed E-state index contributed by atoms with van der Waals surface area (Å²) >= 11 is 0. The number of ether oxygens (including phenoxy) is 2. The van der Waals surface area contributed by atoms with Crippen LogP contribution in [0.4, 0.5) is 0 Å². The minimum absolute atomic E-state index is 0.0894. The Labute approximate surface area is 101 Å². The summed E-state index contributed by atoms with van der Waals surface area (Å²) in [4.78, 5) is 11.6. The Morgan fingerprint density at radius 2 is 1.94 bits per heavy atom. The molecule has 0 aromatic heterocycles. The Kier molecular flexibility index (Phi) is 3.64. The van der Waals surface area contributed by atoms with Gasteiger partial charge in [0, 0.05) is 19.0 Å². The van der Waals surface area contributed by atoms with Crippen LogP contribution in [-0.4, -0.2) is 33.3 Å². The first-order valence-electron chi connectivity index (χ1n) is 5.68. The van der Waals surface area contributed by atoms with Gasteiger partial charge in [0.25, 0.3) is 0 Å². The van der Waals surface area contributed by atoms with Crippen molar-refractivity contribution in [3.8, 4) is 5.75 Å².